The van der Waals surface area contributed by atoms with Crippen LogP contribution in [-0.4, -0.2) is 29.1 Å². The summed E-state index contributed by atoms with van der Waals surface area (Å²) in [6, 6.07) is 2.09. The number of carbonyl (C=O) groups excluding carboxylic acids is 1. The van der Waals surface area contributed by atoms with E-state index in [-0.39, 0.29) is 50.0 Å². The highest BCUT2D eigenvalue weighted by Crippen LogP contribution is 2.40. The molecule has 26 heavy (non-hydrogen) atoms. The van der Waals surface area contributed by atoms with Gasteiger partial charge < -0.3 is 16.6 Å². The van der Waals surface area contributed by atoms with Crippen molar-refractivity contribution in [2.45, 2.75) is 56.6 Å². The van der Waals surface area contributed by atoms with E-state index in [1.807, 2.05) is 0 Å². The van der Waals surface area contributed by atoms with Gasteiger partial charge in [0.1, 0.15) is 11.6 Å². The maximum Gasteiger partial charge on any atom is 0.248 e. The SMILES string of the molecule is NC(=O)C(CC(O)C(N)Cc1cc(F)cc(F)c1)C1CCC(F)(F)CC1. The highest BCUT2D eigenvalue weighted by Gasteiger charge is 2.40. The molecule has 8 heteroatoms. The molecule has 4 nitrogen and oxygen atoms in total. The summed E-state index contributed by atoms with van der Waals surface area (Å²) in [5, 5.41) is 10.3. The average Bonchev–Trinajstić information content (AvgIpc) is 2.51. The van der Waals surface area contributed by atoms with Crippen LogP contribution in [0.3, 0.4) is 0 Å². The lowest BCUT2D eigenvalue weighted by molar-refractivity contribution is -0.127. The summed E-state index contributed by atoms with van der Waals surface area (Å²) in [4.78, 5) is 11.7. The van der Waals surface area contributed by atoms with Crippen LogP contribution >= 0.6 is 0 Å². The van der Waals surface area contributed by atoms with Gasteiger partial charge in [0.25, 0.3) is 0 Å². The van der Waals surface area contributed by atoms with Crippen molar-refractivity contribution in [2.75, 3.05) is 0 Å². The normalized spacial score (nSPS) is 21.2. The molecule has 1 aromatic rings. The number of primary amides is 1. The van der Waals surface area contributed by atoms with Crippen LogP contribution in [0.2, 0.25) is 0 Å². The van der Waals surface area contributed by atoms with E-state index in [9.17, 15) is 27.5 Å². The highest BCUT2D eigenvalue weighted by molar-refractivity contribution is 5.77. The summed E-state index contributed by atoms with van der Waals surface area (Å²) in [5.41, 5.74) is 11.6. The lowest BCUT2D eigenvalue weighted by Gasteiger charge is -2.34. The summed E-state index contributed by atoms with van der Waals surface area (Å²) in [6.07, 6.45) is -1.54. The Hall–Kier alpha value is -1.67. The van der Waals surface area contributed by atoms with Crippen molar-refractivity contribution in [2.24, 2.45) is 23.3 Å². The maximum absolute atomic E-state index is 13.3. The van der Waals surface area contributed by atoms with Crippen LogP contribution in [0.5, 0.6) is 0 Å². The molecule has 5 N–H and O–H groups in total. The van der Waals surface area contributed by atoms with Gasteiger partial charge in [-0.3, -0.25) is 4.79 Å². The van der Waals surface area contributed by atoms with E-state index in [4.69, 9.17) is 11.5 Å². The first-order chi connectivity index (χ1) is 12.1. The van der Waals surface area contributed by atoms with Crippen LogP contribution in [0.25, 0.3) is 0 Å². The van der Waals surface area contributed by atoms with Gasteiger partial charge in [0, 0.05) is 30.9 Å². The molecule has 1 aliphatic carbocycles. The first kappa shape index (κ1) is 20.6. The predicted molar refractivity (Wildman–Crippen MR) is 88.3 cm³/mol. The smallest absolute Gasteiger partial charge is 0.248 e. The average molecular weight is 376 g/mol. The van der Waals surface area contributed by atoms with E-state index in [0.717, 1.165) is 18.2 Å². The first-order valence-electron chi connectivity index (χ1n) is 8.63. The van der Waals surface area contributed by atoms with Gasteiger partial charge in [-0.2, -0.15) is 0 Å². The number of amides is 1. The Morgan fingerprint density at radius 2 is 1.73 bits per heavy atom. The third-order valence-electron chi connectivity index (χ3n) is 5.08. The Kier molecular flexibility index (Phi) is 6.63. The number of benzene rings is 1. The van der Waals surface area contributed by atoms with Gasteiger partial charge in [0.15, 0.2) is 0 Å². The molecule has 0 heterocycles. The third kappa shape index (κ3) is 5.67. The molecule has 0 aromatic heterocycles. The first-order valence-corrected chi connectivity index (χ1v) is 8.63. The quantitative estimate of drug-likeness (QED) is 0.639. The molecule has 0 spiro atoms. The van der Waals surface area contributed by atoms with E-state index in [2.05, 4.69) is 0 Å². The summed E-state index contributed by atoms with van der Waals surface area (Å²) in [7, 11) is 0. The molecule has 3 unspecified atom stereocenters. The third-order valence-corrected chi connectivity index (χ3v) is 5.08. The van der Waals surface area contributed by atoms with Crippen molar-refractivity contribution in [3.8, 4) is 0 Å². The Labute approximate surface area is 149 Å². The lowest BCUT2D eigenvalue weighted by Crippen LogP contribution is -2.43. The molecule has 0 saturated heterocycles. The number of aliphatic hydroxyl groups excluding tert-OH is 1. The molecule has 1 aliphatic rings. The minimum atomic E-state index is -2.73. The predicted octanol–water partition coefficient (Wildman–Crippen LogP) is 2.51. The molecule has 1 aromatic carbocycles. The fourth-order valence-corrected chi connectivity index (χ4v) is 3.58. The number of hydrogen-bond acceptors (Lipinski definition) is 3. The molecule has 0 radical (unpaired) electrons. The number of rotatable bonds is 7. The van der Waals surface area contributed by atoms with Gasteiger partial charge in [-0.25, -0.2) is 17.6 Å². The second kappa shape index (κ2) is 8.35. The van der Waals surface area contributed by atoms with Crippen molar-refractivity contribution in [1.29, 1.82) is 0 Å². The second-order valence-corrected chi connectivity index (χ2v) is 7.15. The number of alkyl halides is 2. The lowest BCUT2D eigenvalue weighted by atomic mass is 9.75. The molecule has 1 saturated carbocycles. The number of halogens is 4. The van der Waals surface area contributed by atoms with Crippen LogP contribution in [0.15, 0.2) is 18.2 Å². The summed E-state index contributed by atoms with van der Waals surface area (Å²) >= 11 is 0. The van der Waals surface area contributed by atoms with E-state index >= 15 is 0 Å². The maximum atomic E-state index is 13.3. The molecule has 1 fully saturated rings. The minimum absolute atomic E-state index is 0.00403. The number of nitrogens with two attached hydrogens (primary N) is 2. The fraction of sp³-hybridized carbons (Fsp3) is 0.611. The Balaban J connectivity index is 1.98. The monoisotopic (exact) mass is 376 g/mol. The van der Waals surface area contributed by atoms with Gasteiger partial charge in [-0.15, -0.1) is 0 Å². The van der Waals surface area contributed by atoms with E-state index in [1.165, 1.54) is 0 Å². The highest BCUT2D eigenvalue weighted by atomic mass is 19.3. The molecule has 0 aliphatic heterocycles. The zero-order valence-electron chi connectivity index (χ0n) is 14.3. The molecule has 1 amide bonds. The van der Waals surface area contributed by atoms with E-state index < -0.39 is 41.5 Å². The molecule has 0 bridgehead atoms. The minimum Gasteiger partial charge on any atom is -0.391 e. The van der Waals surface area contributed by atoms with Gasteiger partial charge in [0.05, 0.1) is 6.10 Å². The van der Waals surface area contributed by atoms with Gasteiger partial charge >= 0.3 is 0 Å². The van der Waals surface area contributed by atoms with Crippen LogP contribution in [-0.2, 0) is 11.2 Å². The van der Waals surface area contributed by atoms with Crippen molar-refractivity contribution in [1.82, 2.24) is 0 Å². The molecule has 3 atom stereocenters. The fourth-order valence-electron chi connectivity index (χ4n) is 3.58. The van der Waals surface area contributed by atoms with Gasteiger partial charge in [-0.05, 0) is 49.3 Å². The number of hydrogen-bond donors (Lipinski definition) is 3. The zero-order chi connectivity index (χ0) is 19.5. The van der Waals surface area contributed by atoms with Crippen LogP contribution in [0, 0.1) is 23.5 Å². The summed E-state index contributed by atoms with van der Waals surface area (Å²) in [6.45, 7) is 0. The van der Waals surface area contributed by atoms with Crippen molar-refractivity contribution >= 4 is 5.91 Å². The zero-order valence-corrected chi connectivity index (χ0v) is 14.3. The number of aliphatic hydroxyl groups is 1. The second-order valence-electron chi connectivity index (χ2n) is 7.15. The topological polar surface area (TPSA) is 89.3 Å². The van der Waals surface area contributed by atoms with Crippen molar-refractivity contribution in [3.05, 3.63) is 35.4 Å². The van der Waals surface area contributed by atoms with Crippen LogP contribution in [0.1, 0.15) is 37.7 Å². The molecular weight excluding hydrogens is 352 g/mol. The van der Waals surface area contributed by atoms with Gasteiger partial charge in [-0.1, -0.05) is 0 Å². The van der Waals surface area contributed by atoms with Crippen molar-refractivity contribution < 1.29 is 27.5 Å². The van der Waals surface area contributed by atoms with Crippen LogP contribution < -0.4 is 11.5 Å². The molecular formula is C18H24F4N2O2. The Morgan fingerprint density at radius 3 is 2.23 bits per heavy atom. The van der Waals surface area contributed by atoms with E-state index in [1.54, 1.807) is 0 Å². The standard InChI is InChI=1S/C18H24F4N2O2/c19-12-5-10(6-13(20)8-12)7-15(23)16(25)9-14(17(24)26)11-1-3-18(21,22)4-2-11/h5-6,8,11,14-16,25H,1-4,7,9,23H2,(H2,24,26). The summed E-state index contributed by atoms with van der Waals surface area (Å²) in [5.74, 6) is -5.99. The van der Waals surface area contributed by atoms with E-state index in [0.29, 0.717) is 0 Å². The molecule has 2 rings (SSSR count). The van der Waals surface area contributed by atoms with Gasteiger partial charge in [0.2, 0.25) is 11.8 Å². The van der Waals surface area contributed by atoms with Crippen LogP contribution in [0.4, 0.5) is 17.6 Å². The number of carbonyl (C=O) groups is 1. The Bertz CT molecular complexity index is 611. The largest absolute Gasteiger partial charge is 0.391 e. The van der Waals surface area contributed by atoms with Crippen molar-refractivity contribution in [3.63, 3.8) is 0 Å². The molecule has 146 valence electrons. The summed E-state index contributed by atoms with van der Waals surface area (Å²) < 4.78 is 53.1. The Morgan fingerprint density at radius 1 is 1.19 bits per heavy atom.